The summed E-state index contributed by atoms with van der Waals surface area (Å²) in [5, 5.41) is 13.9. The van der Waals surface area contributed by atoms with Crippen LogP contribution in [0, 0.1) is 23.7 Å². The Morgan fingerprint density at radius 3 is 2.16 bits per heavy atom. The smallest absolute Gasteiger partial charge is 0.493 e. The summed E-state index contributed by atoms with van der Waals surface area (Å²) in [6.45, 7) is 9.30. The number of nitrogens with one attached hydrogen (secondary N) is 1. The quantitative estimate of drug-likeness (QED) is 0.167. The van der Waals surface area contributed by atoms with Crippen LogP contribution in [-0.2, 0) is 22.5 Å². The molecule has 2 aromatic carbocycles. The highest BCUT2D eigenvalue weighted by Gasteiger charge is 2.31. The van der Waals surface area contributed by atoms with Gasteiger partial charge in [-0.2, -0.15) is 0 Å². The number of halogens is 3. The Morgan fingerprint density at radius 2 is 1.59 bits per heavy atom. The van der Waals surface area contributed by atoms with E-state index in [0.717, 1.165) is 18.4 Å². The van der Waals surface area contributed by atoms with Gasteiger partial charge in [0.1, 0.15) is 5.75 Å². The molecule has 4 atom stereocenters. The van der Waals surface area contributed by atoms with E-state index in [9.17, 15) is 23.1 Å². The molecule has 0 heterocycles. The summed E-state index contributed by atoms with van der Waals surface area (Å²) in [5.41, 5.74) is 8.21. The van der Waals surface area contributed by atoms with Gasteiger partial charge in [-0.15, -0.1) is 13.2 Å². The van der Waals surface area contributed by atoms with Crippen LogP contribution in [0.1, 0.15) is 58.1 Å². The van der Waals surface area contributed by atoms with Crippen LogP contribution in [0.25, 0.3) is 0 Å². The van der Waals surface area contributed by atoms with Crippen molar-refractivity contribution in [2.45, 2.75) is 78.4 Å². The molecule has 8 nitrogen and oxygen atoms in total. The van der Waals surface area contributed by atoms with Crippen molar-refractivity contribution in [2.24, 2.45) is 29.4 Å². The summed E-state index contributed by atoms with van der Waals surface area (Å²) in [6, 6.07) is 10.7. The van der Waals surface area contributed by atoms with E-state index in [-0.39, 0.29) is 36.5 Å². The van der Waals surface area contributed by atoms with Crippen molar-refractivity contribution in [1.29, 1.82) is 0 Å². The average molecular weight is 627 g/mol. The number of benzene rings is 2. The normalized spacial score (nSPS) is 14.7. The molecule has 0 fully saturated rings. The lowest BCUT2D eigenvalue weighted by Gasteiger charge is -2.30. The lowest BCUT2D eigenvalue weighted by atomic mass is 9.81. The van der Waals surface area contributed by atoms with Crippen molar-refractivity contribution in [3.8, 4) is 17.2 Å². The first-order chi connectivity index (χ1) is 20.7. The van der Waals surface area contributed by atoms with Gasteiger partial charge >= 0.3 is 6.36 Å². The maximum absolute atomic E-state index is 13.1. The zero-order chi connectivity index (χ0) is 32.9. The van der Waals surface area contributed by atoms with Gasteiger partial charge in [0.25, 0.3) is 0 Å². The summed E-state index contributed by atoms with van der Waals surface area (Å²) < 4.78 is 57.6. The highest BCUT2D eigenvalue weighted by atomic mass is 19.4. The minimum atomic E-state index is -4.77. The number of hydrogen-bond donors (Lipinski definition) is 3. The largest absolute Gasteiger partial charge is 0.573 e. The first-order valence-corrected chi connectivity index (χ1v) is 15.1. The molecule has 0 radical (unpaired) electrons. The number of carbonyl (C=O) groups is 1. The van der Waals surface area contributed by atoms with Crippen molar-refractivity contribution < 1.29 is 42.0 Å². The molecule has 0 unspecified atom stereocenters. The van der Waals surface area contributed by atoms with E-state index in [0.29, 0.717) is 42.6 Å². The molecule has 44 heavy (non-hydrogen) atoms. The molecule has 2 aromatic rings. The maximum Gasteiger partial charge on any atom is 0.573 e. The third kappa shape index (κ3) is 12.9. The van der Waals surface area contributed by atoms with Gasteiger partial charge in [0, 0.05) is 38.6 Å². The SMILES string of the molecule is COCCCOc1cc(C[C@@H](C[C@H](N)[C@@H](O)C[C@H](C(=O)NCc2ccc(OC(F)(F)F)cc2)C(C)C)C(C)C)ccc1OC. The van der Waals surface area contributed by atoms with Gasteiger partial charge in [-0.1, -0.05) is 45.9 Å². The summed E-state index contributed by atoms with van der Waals surface area (Å²) in [7, 11) is 3.26. The molecule has 2 rings (SSSR count). The van der Waals surface area contributed by atoms with Crippen LogP contribution >= 0.6 is 0 Å². The van der Waals surface area contributed by atoms with Gasteiger partial charge in [0.05, 0.1) is 19.8 Å². The Bertz CT molecular complexity index is 1130. The van der Waals surface area contributed by atoms with Crippen LogP contribution < -0.4 is 25.3 Å². The first kappa shape index (κ1) is 37.2. The number of rotatable bonds is 19. The first-order valence-electron chi connectivity index (χ1n) is 15.1. The van der Waals surface area contributed by atoms with Crippen LogP contribution in [-0.4, -0.2) is 57.0 Å². The number of methoxy groups -OCH3 is 2. The van der Waals surface area contributed by atoms with Crippen molar-refractivity contribution in [1.82, 2.24) is 5.32 Å². The number of ether oxygens (including phenoxy) is 4. The highest BCUT2D eigenvalue weighted by Crippen LogP contribution is 2.32. The van der Waals surface area contributed by atoms with Gasteiger partial charge in [-0.25, -0.2) is 0 Å². The summed E-state index contributed by atoms with van der Waals surface area (Å²) in [5.74, 6) is 0.641. The van der Waals surface area contributed by atoms with E-state index in [4.69, 9.17) is 19.9 Å². The van der Waals surface area contributed by atoms with Crippen LogP contribution in [0.3, 0.4) is 0 Å². The molecule has 4 N–H and O–H groups in total. The minimum Gasteiger partial charge on any atom is -0.493 e. The monoisotopic (exact) mass is 626 g/mol. The predicted octanol–water partition coefficient (Wildman–Crippen LogP) is 5.88. The second-order valence-corrected chi connectivity index (χ2v) is 11.9. The van der Waals surface area contributed by atoms with Gasteiger partial charge in [0.15, 0.2) is 11.5 Å². The fraction of sp³-hybridized carbons (Fsp3) is 0.606. The number of amides is 1. The molecular weight excluding hydrogens is 577 g/mol. The van der Waals surface area contributed by atoms with Gasteiger partial charge in [-0.3, -0.25) is 4.79 Å². The summed E-state index contributed by atoms with van der Waals surface area (Å²) >= 11 is 0. The molecule has 0 aliphatic carbocycles. The van der Waals surface area contributed by atoms with Crippen LogP contribution in [0.15, 0.2) is 42.5 Å². The van der Waals surface area contributed by atoms with E-state index in [2.05, 4.69) is 23.9 Å². The summed E-state index contributed by atoms with van der Waals surface area (Å²) in [4.78, 5) is 13.1. The average Bonchev–Trinajstić information content (AvgIpc) is 2.96. The van der Waals surface area contributed by atoms with Crippen molar-refractivity contribution in [3.05, 3.63) is 53.6 Å². The molecule has 0 saturated carbocycles. The van der Waals surface area contributed by atoms with Crippen molar-refractivity contribution in [2.75, 3.05) is 27.4 Å². The van der Waals surface area contributed by atoms with E-state index in [1.165, 1.54) is 24.3 Å². The Morgan fingerprint density at radius 1 is 0.932 bits per heavy atom. The Kier molecular flexibility index (Phi) is 15.3. The molecule has 0 spiro atoms. The zero-order valence-electron chi connectivity index (χ0n) is 26.7. The second kappa shape index (κ2) is 18.1. The van der Waals surface area contributed by atoms with E-state index in [1.54, 1.807) is 14.2 Å². The van der Waals surface area contributed by atoms with Crippen molar-refractivity contribution in [3.63, 3.8) is 0 Å². The van der Waals surface area contributed by atoms with Gasteiger partial charge in [0.2, 0.25) is 5.91 Å². The Balaban J connectivity index is 1.99. The van der Waals surface area contributed by atoms with Gasteiger partial charge in [-0.05, 0) is 72.4 Å². The molecule has 0 bridgehead atoms. The predicted molar refractivity (Wildman–Crippen MR) is 164 cm³/mol. The minimum absolute atomic E-state index is 0.0677. The van der Waals surface area contributed by atoms with Crippen LogP contribution in [0.2, 0.25) is 0 Å². The fourth-order valence-electron chi connectivity index (χ4n) is 4.99. The number of aliphatic hydroxyl groups is 1. The molecule has 248 valence electrons. The van der Waals surface area contributed by atoms with E-state index >= 15 is 0 Å². The molecule has 0 aromatic heterocycles. The number of nitrogens with two attached hydrogens (primary N) is 1. The standard InChI is InChI=1S/C33H49F3N2O6/c1-21(2)25(16-24-10-13-30(42-6)31(17-24)43-15-7-14-41-5)18-28(37)29(39)19-27(22(3)4)32(40)38-20-23-8-11-26(12-9-23)44-33(34,35)36/h8-13,17,21-22,25,27-29,39H,7,14-16,18-20,37H2,1-6H3,(H,38,40)/t25-,27-,28-,29-/m0/s1. The highest BCUT2D eigenvalue weighted by molar-refractivity contribution is 5.78. The molecule has 0 saturated heterocycles. The fourth-order valence-corrected chi connectivity index (χ4v) is 4.99. The van der Waals surface area contributed by atoms with E-state index in [1.807, 2.05) is 32.0 Å². The van der Waals surface area contributed by atoms with E-state index < -0.39 is 24.4 Å². The second-order valence-electron chi connectivity index (χ2n) is 11.9. The lowest BCUT2D eigenvalue weighted by Crippen LogP contribution is -2.42. The van der Waals surface area contributed by atoms with Crippen LogP contribution in [0.5, 0.6) is 17.2 Å². The number of aliphatic hydroxyl groups excluding tert-OH is 1. The number of alkyl halides is 3. The lowest BCUT2D eigenvalue weighted by molar-refractivity contribution is -0.274. The van der Waals surface area contributed by atoms with Crippen LogP contribution in [0.4, 0.5) is 13.2 Å². The third-order valence-electron chi connectivity index (χ3n) is 7.75. The maximum atomic E-state index is 13.1. The molecule has 11 heteroatoms. The third-order valence-corrected chi connectivity index (χ3v) is 7.75. The van der Waals surface area contributed by atoms with Gasteiger partial charge < -0.3 is 35.1 Å². The molecule has 0 aliphatic rings. The number of carbonyl (C=O) groups excluding carboxylic acids is 1. The molecule has 0 aliphatic heterocycles. The Labute approximate surface area is 259 Å². The molecular formula is C33H49F3N2O6. The summed E-state index contributed by atoms with van der Waals surface area (Å²) in [6.07, 6.45) is -3.42. The topological polar surface area (TPSA) is 112 Å². The molecule has 1 amide bonds. The zero-order valence-corrected chi connectivity index (χ0v) is 26.7. The Hall–Kier alpha value is -3.02. The van der Waals surface area contributed by atoms with Crippen molar-refractivity contribution >= 4 is 5.91 Å². The number of hydrogen-bond acceptors (Lipinski definition) is 7.